The fourth-order valence-corrected chi connectivity index (χ4v) is 2.82. The maximum atomic E-state index is 5.97. The molecule has 0 bridgehead atoms. The van der Waals surface area contributed by atoms with Crippen LogP contribution in [0.4, 0.5) is 5.69 Å². The van der Waals surface area contributed by atoms with E-state index in [0.717, 1.165) is 27.2 Å². The summed E-state index contributed by atoms with van der Waals surface area (Å²) in [6.45, 7) is 0. The molecule has 2 aromatic rings. The molecule has 94 valence electrons. The van der Waals surface area contributed by atoms with Gasteiger partial charge in [0, 0.05) is 20.8 Å². The van der Waals surface area contributed by atoms with Crippen LogP contribution >= 0.6 is 27.7 Å². The van der Waals surface area contributed by atoms with E-state index in [2.05, 4.69) is 34.1 Å². The van der Waals surface area contributed by atoms with Gasteiger partial charge in [0.1, 0.15) is 5.75 Å². The van der Waals surface area contributed by atoms with Crippen LogP contribution in [0, 0.1) is 0 Å². The minimum atomic E-state index is 0.824. The molecule has 0 fully saturated rings. The summed E-state index contributed by atoms with van der Waals surface area (Å²) in [4.78, 5) is 1.21. The molecule has 0 aliphatic rings. The average Bonchev–Trinajstić information content (AvgIpc) is 2.38. The highest BCUT2D eigenvalue weighted by atomic mass is 79.9. The molecule has 2 N–H and O–H groups in total. The van der Waals surface area contributed by atoms with Crippen LogP contribution in [0.15, 0.2) is 51.8 Å². The normalized spacial score (nSPS) is 10.3. The van der Waals surface area contributed by atoms with E-state index in [0.29, 0.717) is 0 Å². The Morgan fingerprint density at radius 2 is 1.89 bits per heavy atom. The molecule has 18 heavy (non-hydrogen) atoms. The first kappa shape index (κ1) is 13.3. The Balaban J connectivity index is 2.02. The molecule has 0 saturated carbocycles. The molecule has 2 nitrogen and oxygen atoms in total. The summed E-state index contributed by atoms with van der Waals surface area (Å²) in [6.07, 6.45) is 0. The van der Waals surface area contributed by atoms with Gasteiger partial charge in [0.2, 0.25) is 0 Å². The number of ether oxygens (including phenoxy) is 1. The van der Waals surface area contributed by atoms with Crippen molar-refractivity contribution >= 4 is 33.4 Å². The number of hydrogen-bond donors (Lipinski definition) is 1. The number of nitrogens with two attached hydrogens (primary N) is 1. The van der Waals surface area contributed by atoms with Gasteiger partial charge in [-0.1, -0.05) is 22.0 Å². The number of anilines is 1. The van der Waals surface area contributed by atoms with Crippen molar-refractivity contribution in [2.24, 2.45) is 0 Å². The van der Waals surface area contributed by atoms with E-state index in [1.807, 2.05) is 24.3 Å². The van der Waals surface area contributed by atoms with Crippen molar-refractivity contribution in [2.45, 2.75) is 10.6 Å². The Hall–Kier alpha value is -1.13. The Morgan fingerprint density at radius 3 is 2.50 bits per heavy atom. The lowest BCUT2D eigenvalue weighted by Gasteiger charge is -2.06. The molecule has 0 heterocycles. The van der Waals surface area contributed by atoms with Crippen LogP contribution in [0.2, 0.25) is 0 Å². The van der Waals surface area contributed by atoms with Crippen LogP contribution < -0.4 is 10.5 Å². The highest BCUT2D eigenvalue weighted by Crippen LogP contribution is 2.28. The molecule has 2 rings (SSSR count). The van der Waals surface area contributed by atoms with Gasteiger partial charge in [-0.3, -0.25) is 0 Å². The summed E-state index contributed by atoms with van der Waals surface area (Å²) < 4.78 is 6.14. The number of halogens is 1. The first-order valence-electron chi connectivity index (χ1n) is 5.50. The minimum Gasteiger partial charge on any atom is -0.497 e. The van der Waals surface area contributed by atoms with Crippen LogP contribution in [0.3, 0.4) is 0 Å². The van der Waals surface area contributed by atoms with Gasteiger partial charge in [0.05, 0.1) is 7.11 Å². The lowest BCUT2D eigenvalue weighted by atomic mass is 10.2. The maximum absolute atomic E-state index is 5.97. The lowest BCUT2D eigenvalue weighted by molar-refractivity contribution is 0.414. The third kappa shape index (κ3) is 3.43. The maximum Gasteiger partial charge on any atom is 0.118 e. The Kier molecular flexibility index (Phi) is 4.55. The highest BCUT2D eigenvalue weighted by Gasteiger charge is 2.01. The van der Waals surface area contributed by atoms with Crippen LogP contribution in [-0.2, 0) is 5.75 Å². The van der Waals surface area contributed by atoms with Crippen molar-refractivity contribution in [1.82, 2.24) is 0 Å². The second-order valence-corrected chi connectivity index (χ2v) is 5.77. The summed E-state index contributed by atoms with van der Waals surface area (Å²) in [5, 5.41) is 0. The van der Waals surface area contributed by atoms with Gasteiger partial charge in [-0.25, -0.2) is 0 Å². The molecular formula is C14H14BrNOS. The fourth-order valence-electron chi connectivity index (χ4n) is 1.53. The SMILES string of the molecule is COc1ccc(SCc2ccc(Br)cc2N)cc1. The van der Waals surface area contributed by atoms with Crippen LogP contribution in [0.5, 0.6) is 5.75 Å². The Morgan fingerprint density at radius 1 is 1.17 bits per heavy atom. The molecule has 0 radical (unpaired) electrons. The molecular weight excluding hydrogens is 310 g/mol. The summed E-state index contributed by atoms with van der Waals surface area (Å²) in [5.74, 6) is 1.74. The van der Waals surface area contributed by atoms with E-state index in [9.17, 15) is 0 Å². The zero-order valence-corrected chi connectivity index (χ0v) is 12.4. The van der Waals surface area contributed by atoms with Crippen LogP contribution in [0.1, 0.15) is 5.56 Å². The quantitative estimate of drug-likeness (QED) is 0.671. The molecule has 4 heteroatoms. The Labute approximate surface area is 120 Å². The number of rotatable bonds is 4. The smallest absolute Gasteiger partial charge is 0.118 e. The van der Waals surface area contributed by atoms with Gasteiger partial charge >= 0.3 is 0 Å². The van der Waals surface area contributed by atoms with Gasteiger partial charge in [-0.05, 0) is 42.0 Å². The van der Waals surface area contributed by atoms with Gasteiger partial charge < -0.3 is 10.5 Å². The van der Waals surface area contributed by atoms with E-state index in [1.54, 1.807) is 18.9 Å². The number of thioether (sulfide) groups is 1. The molecule has 2 aromatic carbocycles. The molecule has 0 aliphatic heterocycles. The number of methoxy groups -OCH3 is 1. The number of nitrogen functional groups attached to an aromatic ring is 1. The van der Waals surface area contributed by atoms with E-state index in [-0.39, 0.29) is 0 Å². The fraction of sp³-hybridized carbons (Fsp3) is 0.143. The molecule has 0 aliphatic carbocycles. The summed E-state index contributed by atoms with van der Waals surface area (Å²) in [7, 11) is 1.67. The third-order valence-electron chi connectivity index (χ3n) is 2.56. The van der Waals surface area contributed by atoms with Gasteiger partial charge in [-0.15, -0.1) is 11.8 Å². The highest BCUT2D eigenvalue weighted by molar-refractivity contribution is 9.10. The second-order valence-electron chi connectivity index (χ2n) is 3.81. The van der Waals surface area contributed by atoms with Crippen molar-refractivity contribution in [3.8, 4) is 5.75 Å². The molecule has 0 aromatic heterocycles. The third-order valence-corrected chi connectivity index (χ3v) is 4.12. The molecule has 0 atom stereocenters. The topological polar surface area (TPSA) is 35.2 Å². The second kappa shape index (κ2) is 6.16. The van der Waals surface area contributed by atoms with Gasteiger partial charge in [0.15, 0.2) is 0 Å². The average molecular weight is 324 g/mol. The van der Waals surface area contributed by atoms with E-state index >= 15 is 0 Å². The van der Waals surface area contributed by atoms with E-state index < -0.39 is 0 Å². The van der Waals surface area contributed by atoms with Crippen molar-refractivity contribution in [1.29, 1.82) is 0 Å². The molecule has 0 saturated heterocycles. The zero-order valence-electron chi connectivity index (χ0n) is 10.0. The Bertz CT molecular complexity index is 528. The summed E-state index contributed by atoms with van der Waals surface area (Å²) >= 11 is 5.17. The molecule has 0 spiro atoms. The van der Waals surface area contributed by atoms with Crippen molar-refractivity contribution in [3.63, 3.8) is 0 Å². The zero-order chi connectivity index (χ0) is 13.0. The van der Waals surface area contributed by atoms with Crippen LogP contribution in [0.25, 0.3) is 0 Å². The van der Waals surface area contributed by atoms with Crippen molar-refractivity contribution in [2.75, 3.05) is 12.8 Å². The largest absolute Gasteiger partial charge is 0.497 e. The standard InChI is InChI=1S/C14H14BrNOS/c1-17-12-4-6-13(7-5-12)18-9-10-2-3-11(15)8-14(10)16/h2-8H,9,16H2,1H3. The van der Waals surface area contributed by atoms with Gasteiger partial charge in [0.25, 0.3) is 0 Å². The van der Waals surface area contributed by atoms with Crippen LogP contribution in [-0.4, -0.2) is 7.11 Å². The molecule has 0 unspecified atom stereocenters. The predicted molar refractivity (Wildman–Crippen MR) is 81.1 cm³/mol. The van der Waals surface area contributed by atoms with E-state index in [4.69, 9.17) is 10.5 Å². The predicted octanol–water partition coefficient (Wildman–Crippen LogP) is 4.33. The molecule has 0 amide bonds. The lowest BCUT2D eigenvalue weighted by Crippen LogP contribution is -1.92. The summed E-state index contributed by atoms with van der Waals surface area (Å²) in [6, 6.07) is 14.0. The first-order valence-corrected chi connectivity index (χ1v) is 7.27. The first-order chi connectivity index (χ1) is 8.69. The summed E-state index contributed by atoms with van der Waals surface area (Å²) in [5.41, 5.74) is 7.94. The van der Waals surface area contributed by atoms with Crippen molar-refractivity contribution in [3.05, 3.63) is 52.5 Å². The minimum absolute atomic E-state index is 0.824. The number of hydrogen-bond acceptors (Lipinski definition) is 3. The van der Waals surface area contributed by atoms with Crippen molar-refractivity contribution < 1.29 is 4.74 Å². The number of benzene rings is 2. The van der Waals surface area contributed by atoms with E-state index in [1.165, 1.54) is 4.90 Å². The monoisotopic (exact) mass is 323 g/mol. The van der Waals surface area contributed by atoms with Gasteiger partial charge in [-0.2, -0.15) is 0 Å².